The molecule has 1 aromatic carbocycles. The van der Waals surface area contributed by atoms with Crippen LogP contribution in [0.15, 0.2) is 59.1 Å². The van der Waals surface area contributed by atoms with E-state index in [0.29, 0.717) is 31.7 Å². The Morgan fingerprint density at radius 1 is 1.14 bits per heavy atom. The van der Waals surface area contributed by atoms with Crippen LogP contribution in [0, 0.1) is 0 Å². The lowest BCUT2D eigenvalue weighted by molar-refractivity contribution is -0.121. The number of hydrogen-bond acceptors (Lipinski definition) is 7. The Balaban J connectivity index is 1.37. The quantitative estimate of drug-likeness (QED) is 0.523. The minimum absolute atomic E-state index is 0.0679. The summed E-state index contributed by atoms with van der Waals surface area (Å²) >= 11 is 1.50. The predicted molar refractivity (Wildman–Crippen MR) is 111 cm³/mol. The fraction of sp³-hybridized carbons (Fsp3) is 0.250. The highest BCUT2D eigenvalue weighted by atomic mass is 32.2. The molecule has 0 saturated carbocycles. The average Bonchev–Trinajstić information content (AvgIpc) is 3.19. The van der Waals surface area contributed by atoms with Gasteiger partial charge >= 0.3 is 0 Å². The lowest BCUT2D eigenvalue weighted by Gasteiger charge is -2.07. The van der Waals surface area contributed by atoms with Crippen LogP contribution in [-0.2, 0) is 21.2 Å². The largest absolute Gasteiger partial charge is 0.494 e. The highest BCUT2D eigenvalue weighted by molar-refractivity contribution is 7.90. The molecule has 0 unspecified atom stereocenters. The zero-order valence-corrected chi connectivity index (χ0v) is 17.5. The molecular weight excluding hydrogens is 410 g/mol. The number of sulfone groups is 1. The summed E-state index contributed by atoms with van der Waals surface area (Å²) in [6.07, 6.45) is 5.49. The number of hydrogen-bond donors (Lipinski definition) is 1. The smallest absolute Gasteiger partial charge is 0.220 e. The van der Waals surface area contributed by atoms with E-state index in [1.165, 1.54) is 23.5 Å². The number of thiazole rings is 1. The molecule has 0 saturated heterocycles. The van der Waals surface area contributed by atoms with E-state index in [4.69, 9.17) is 4.74 Å². The molecule has 0 bridgehead atoms. The maximum atomic E-state index is 12.0. The van der Waals surface area contributed by atoms with Crippen LogP contribution in [0.5, 0.6) is 5.75 Å². The Bertz CT molecular complexity index is 1050. The lowest BCUT2D eigenvalue weighted by atomic mass is 10.2. The maximum absolute atomic E-state index is 12.0. The van der Waals surface area contributed by atoms with E-state index < -0.39 is 9.84 Å². The average molecular weight is 432 g/mol. The summed E-state index contributed by atoms with van der Waals surface area (Å²) < 4.78 is 28.4. The van der Waals surface area contributed by atoms with E-state index in [1.807, 2.05) is 17.5 Å². The van der Waals surface area contributed by atoms with E-state index in [0.717, 1.165) is 22.5 Å². The number of rotatable bonds is 9. The van der Waals surface area contributed by atoms with E-state index in [1.54, 1.807) is 24.5 Å². The molecular formula is C20H21N3O4S2. The van der Waals surface area contributed by atoms with Crippen molar-refractivity contribution in [2.24, 2.45) is 0 Å². The van der Waals surface area contributed by atoms with Crippen LogP contribution in [0.3, 0.4) is 0 Å². The van der Waals surface area contributed by atoms with E-state index in [-0.39, 0.29) is 10.8 Å². The summed E-state index contributed by atoms with van der Waals surface area (Å²) in [6, 6.07) is 10.0. The third-order valence-electron chi connectivity index (χ3n) is 4.03. The minimum atomic E-state index is -3.22. The molecule has 0 atom stereocenters. The number of ether oxygens (including phenoxy) is 1. The van der Waals surface area contributed by atoms with Crippen molar-refractivity contribution in [1.82, 2.24) is 15.3 Å². The van der Waals surface area contributed by atoms with Crippen LogP contribution in [0.4, 0.5) is 0 Å². The number of nitrogens with zero attached hydrogens (tertiary/aromatic N) is 2. The van der Waals surface area contributed by atoms with Gasteiger partial charge in [-0.3, -0.25) is 9.78 Å². The van der Waals surface area contributed by atoms with Gasteiger partial charge in [0.05, 0.1) is 23.7 Å². The topological polar surface area (TPSA) is 98.2 Å². The van der Waals surface area contributed by atoms with Crippen molar-refractivity contribution in [2.75, 3.05) is 12.9 Å². The molecule has 0 spiro atoms. The number of nitrogens with one attached hydrogen (secondary N) is 1. The van der Waals surface area contributed by atoms with Crippen molar-refractivity contribution in [2.45, 2.75) is 24.3 Å². The van der Waals surface area contributed by atoms with Crippen molar-refractivity contribution in [3.63, 3.8) is 0 Å². The van der Waals surface area contributed by atoms with Crippen LogP contribution < -0.4 is 10.1 Å². The summed E-state index contributed by atoms with van der Waals surface area (Å²) in [6.45, 7) is 0.761. The SMILES string of the molecule is CS(=O)(=O)c1ccc(OCCCC(=O)NCc2nc(-c3ccncc3)cs2)cc1. The number of pyridine rings is 1. The molecule has 3 aromatic rings. The number of carbonyl (C=O) groups is 1. The monoisotopic (exact) mass is 431 g/mol. The molecule has 3 rings (SSSR count). The van der Waals surface area contributed by atoms with Gasteiger partial charge in [0.25, 0.3) is 0 Å². The first-order chi connectivity index (χ1) is 13.9. The standard InChI is InChI=1S/C20H21N3O4S2/c1-29(25,26)17-6-4-16(5-7-17)27-12-2-3-19(24)22-13-20-23-18(14-28-20)15-8-10-21-11-9-15/h4-11,14H,2-3,12-13H2,1H3,(H,22,24). The Morgan fingerprint density at radius 3 is 2.55 bits per heavy atom. The van der Waals surface area contributed by atoms with Crippen molar-refractivity contribution in [1.29, 1.82) is 0 Å². The second kappa shape index (κ2) is 9.62. The normalized spacial score (nSPS) is 11.2. The van der Waals surface area contributed by atoms with Gasteiger partial charge in [0.1, 0.15) is 10.8 Å². The molecule has 152 valence electrons. The summed E-state index contributed by atoms with van der Waals surface area (Å²) in [5, 5.41) is 5.66. The fourth-order valence-electron chi connectivity index (χ4n) is 2.52. The predicted octanol–water partition coefficient (Wildman–Crippen LogP) is 3.08. The molecule has 2 heterocycles. The highest BCUT2D eigenvalue weighted by Gasteiger charge is 2.08. The lowest BCUT2D eigenvalue weighted by Crippen LogP contribution is -2.22. The molecule has 0 radical (unpaired) electrons. The van der Waals surface area contributed by atoms with Crippen LogP contribution in [0.2, 0.25) is 0 Å². The number of aromatic nitrogens is 2. The first-order valence-electron chi connectivity index (χ1n) is 8.96. The fourth-order valence-corrected chi connectivity index (χ4v) is 3.89. The summed E-state index contributed by atoms with van der Waals surface area (Å²) in [5.41, 5.74) is 1.87. The second-order valence-electron chi connectivity index (χ2n) is 6.33. The van der Waals surface area contributed by atoms with Gasteiger partial charge < -0.3 is 10.1 Å². The number of benzene rings is 1. The van der Waals surface area contributed by atoms with Gasteiger partial charge in [-0.2, -0.15) is 0 Å². The molecule has 9 heteroatoms. The molecule has 7 nitrogen and oxygen atoms in total. The number of amides is 1. The van der Waals surface area contributed by atoms with Crippen LogP contribution in [0.25, 0.3) is 11.3 Å². The summed E-state index contributed by atoms with van der Waals surface area (Å²) in [4.78, 5) is 20.8. The first-order valence-corrected chi connectivity index (χ1v) is 11.7. The van der Waals surface area contributed by atoms with Gasteiger partial charge in [0.2, 0.25) is 5.91 Å². The molecule has 2 aromatic heterocycles. The Labute approximate surface area is 173 Å². The van der Waals surface area contributed by atoms with Crippen LogP contribution in [0.1, 0.15) is 17.8 Å². The molecule has 0 aliphatic carbocycles. The van der Waals surface area contributed by atoms with Crippen LogP contribution >= 0.6 is 11.3 Å². The summed E-state index contributed by atoms with van der Waals surface area (Å²) in [5.74, 6) is 0.505. The molecule has 0 aliphatic heterocycles. The zero-order valence-electron chi connectivity index (χ0n) is 15.9. The maximum Gasteiger partial charge on any atom is 0.220 e. The van der Waals surface area contributed by atoms with Crippen molar-refractivity contribution in [3.05, 3.63) is 59.2 Å². The molecule has 0 fully saturated rings. The summed E-state index contributed by atoms with van der Waals surface area (Å²) in [7, 11) is -3.22. The number of carbonyl (C=O) groups excluding carboxylic acids is 1. The van der Waals surface area contributed by atoms with E-state index in [2.05, 4.69) is 15.3 Å². The first kappa shape index (κ1) is 20.9. The molecule has 1 amide bonds. The molecule has 1 N–H and O–H groups in total. The van der Waals surface area contributed by atoms with Gasteiger partial charge in [-0.15, -0.1) is 11.3 Å². The highest BCUT2D eigenvalue weighted by Crippen LogP contribution is 2.21. The Morgan fingerprint density at radius 2 is 1.86 bits per heavy atom. The van der Waals surface area contributed by atoms with Gasteiger partial charge in [-0.05, 0) is 42.8 Å². The second-order valence-corrected chi connectivity index (χ2v) is 9.29. The van der Waals surface area contributed by atoms with Crippen molar-refractivity contribution >= 4 is 27.1 Å². The van der Waals surface area contributed by atoms with Crippen LogP contribution in [-0.4, -0.2) is 37.2 Å². The third-order valence-corrected chi connectivity index (χ3v) is 6.01. The van der Waals surface area contributed by atoms with Gasteiger partial charge in [-0.1, -0.05) is 0 Å². The Hall–Kier alpha value is -2.78. The van der Waals surface area contributed by atoms with Gasteiger partial charge in [-0.25, -0.2) is 13.4 Å². The zero-order chi connectivity index (χ0) is 20.7. The van der Waals surface area contributed by atoms with E-state index in [9.17, 15) is 13.2 Å². The Kier molecular flexibility index (Phi) is 6.95. The minimum Gasteiger partial charge on any atom is -0.494 e. The molecule has 0 aliphatic rings. The van der Waals surface area contributed by atoms with E-state index >= 15 is 0 Å². The third kappa shape index (κ3) is 6.37. The van der Waals surface area contributed by atoms with Gasteiger partial charge in [0, 0.05) is 36.0 Å². The van der Waals surface area contributed by atoms with Gasteiger partial charge in [0.15, 0.2) is 9.84 Å². The van der Waals surface area contributed by atoms with Crippen molar-refractivity contribution in [3.8, 4) is 17.0 Å². The molecule has 29 heavy (non-hydrogen) atoms. The van der Waals surface area contributed by atoms with Crippen molar-refractivity contribution < 1.29 is 17.9 Å².